The second kappa shape index (κ2) is 4.85. The van der Waals surface area contributed by atoms with Crippen LogP contribution in [0.15, 0.2) is 18.2 Å². The van der Waals surface area contributed by atoms with E-state index in [-0.39, 0.29) is 17.0 Å². The van der Waals surface area contributed by atoms with Gasteiger partial charge in [-0.15, -0.1) is 0 Å². The summed E-state index contributed by atoms with van der Waals surface area (Å²) >= 11 is 0. The van der Waals surface area contributed by atoms with E-state index >= 15 is 0 Å². The number of carboxylic acid groups (broad SMARTS) is 1. The fourth-order valence-electron chi connectivity index (χ4n) is 2.10. The van der Waals surface area contributed by atoms with Crippen LogP contribution in [0.3, 0.4) is 0 Å². The summed E-state index contributed by atoms with van der Waals surface area (Å²) in [5.74, 6) is -1.20. The monoisotopic (exact) mass is 274 g/mol. The van der Waals surface area contributed by atoms with E-state index in [9.17, 15) is 18.0 Å². The Morgan fingerprint density at radius 2 is 2.00 bits per heavy atom. The Kier molecular flexibility index (Phi) is 3.54. The Hall–Kier alpha value is -1.56. The molecule has 0 saturated heterocycles. The van der Waals surface area contributed by atoms with Gasteiger partial charge in [0.05, 0.1) is 17.2 Å². The van der Waals surface area contributed by atoms with E-state index in [0.29, 0.717) is 6.07 Å². The third-order valence-corrected chi connectivity index (χ3v) is 3.16. The van der Waals surface area contributed by atoms with Crippen LogP contribution < -0.4 is 0 Å². The minimum absolute atomic E-state index is 0.176. The van der Waals surface area contributed by atoms with E-state index in [1.54, 1.807) is 0 Å². The van der Waals surface area contributed by atoms with Crippen molar-refractivity contribution >= 4 is 5.97 Å². The molecule has 1 saturated carbocycles. The highest BCUT2D eigenvalue weighted by atomic mass is 19.4. The van der Waals surface area contributed by atoms with Crippen molar-refractivity contribution in [3.63, 3.8) is 0 Å². The second-order valence-corrected chi connectivity index (χ2v) is 4.64. The molecule has 1 aromatic rings. The van der Waals surface area contributed by atoms with E-state index < -0.39 is 23.8 Å². The number of halogens is 3. The average molecular weight is 274 g/mol. The van der Waals surface area contributed by atoms with Crippen molar-refractivity contribution in [1.29, 1.82) is 0 Å². The molecule has 0 amide bonds. The molecule has 1 atom stereocenters. The lowest BCUT2D eigenvalue weighted by atomic mass is 9.99. The van der Waals surface area contributed by atoms with Gasteiger partial charge in [-0.1, -0.05) is 0 Å². The normalized spacial score (nSPS) is 17.3. The molecule has 6 heteroatoms. The zero-order valence-corrected chi connectivity index (χ0v) is 10.2. The van der Waals surface area contributed by atoms with E-state index in [0.717, 1.165) is 18.9 Å². The fourth-order valence-corrected chi connectivity index (χ4v) is 2.10. The molecule has 1 aromatic carbocycles. The molecule has 1 aliphatic carbocycles. The largest absolute Gasteiger partial charge is 0.478 e. The van der Waals surface area contributed by atoms with Gasteiger partial charge in [-0.3, -0.25) is 0 Å². The van der Waals surface area contributed by atoms with Crippen molar-refractivity contribution in [2.45, 2.75) is 25.1 Å². The summed E-state index contributed by atoms with van der Waals surface area (Å²) in [4.78, 5) is 10.9. The molecule has 19 heavy (non-hydrogen) atoms. The maximum Gasteiger partial charge on any atom is 0.416 e. The first kappa shape index (κ1) is 13.9. The Morgan fingerprint density at radius 3 is 2.42 bits per heavy atom. The van der Waals surface area contributed by atoms with Crippen molar-refractivity contribution in [3.05, 3.63) is 34.9 Å². The van der Waals surface area contributed by atoms with E-state index in [4.69, 9.17) is 9.84 Å². The van der Waals surface area contributed by atoms with E-state index in [1.165, 1.54) is 13.2 Å². The van der Waals surface area contributed by atoms with Crippen molar-refractivity contribution in [2.24, 2.45) is 5.92 Å². The molecule has 0 heterocycles. The van der Waals surface area contributed by atoms with E-state index in [1.807, 2.05) is 0 Å². The second-order valence-electron chi connectivity index (χ2n) is 4.64. The van der Waals surface area contributed by atoms with Gasteiger partial charge in [0.25, 0.3) is 0 Å². The Morgan fingerprint density at radius 1 is 1.37 bits per heavy atom. The number of hydrogen-bond donors (Lipinski definition) is 1. The molecule has 1 unspecified atom stereocenters. The molecule has 1 aliphatic rings. The summed E-state index contributed by atoms with van der Waals surface area (Å²) in [6.07, 6.45) is -3.27. The number of alkyl halides is 3. The van der Waals surface area contributed by atoms with Crippen LogP contribution in [0.4, 0.5) is 13.2 Å². The summed E-state index contributed by atoms with van der Waals surface area (Å²) in [6, 6.07) is 2.87. The number of carbonyl (C=O) groups is 1. The van der Waals surface area contributed by atoms with Gasteiger partial charge in [0.1, 0.15) is 0 Å². The van der Waals surface area contributed by atoms with Crippen LogP contribution in [0.1, 0.15) is 40.4 Å². The molecule has 0 aliphatic heterocycles. The predicted molar refractivity (Wildman–Crippen MR) is 60.9 cm³/mol. The molecule has 0 radical (unpaired) electrons. The molecular formula is C13H13F3O3. The fraction of sp³-hybridized carbons (Fsp3) is 0.462. The zero-order chi connectivity index (χ0) is 14.2. The van der Waals surface area contributed by atoms with Crippen LogP contribution in [-0.4, -0.2) is 18.2 Å². The Labute approximate surface area is 108 Å². The van der Waals surface area contributed by atoms with Gasteiger partial charge < -0.3 is 9.84 Å². The SMILES string of the molecule is COC(c1cc(C(=O)O)cc(C(F)(F)F)c1)C1CC1. The third kappa shape index (κ3) is 3.07. The lowest BCUT2D eigenvalue weighted by Crippen LogP contribution is -2.12. The van der Waals surface area contributed by atoms with Crippen LogP contribution in [0.25, 0.3) is 0 Å². The number of ether oxygens (including phenoxy) is 1. The summed E-state index contributed by atoms with van der Waals surface area (Å²) < 4.78 is 43.5. The Bertz CT molecular complexity index is 492. The van der Waals surface area contributed by atoms with Crippen LogP contribution in [0, 0.1) is 5.92 Å². The number of carboxylic acids is 1. The van der Waals surface area contributed by atoms with Crippen LogP contribution >= 0.6 is 0 Å². The number of hydrogen-bond acceptors (Lipinski definition) is 2. The highest BCUT2D eigenvalue weighted by Crippen LogP contribution is 2.44. The number of methoxy groups -OCH3 is 1. The minimum Gasteiger partial charge on any atom is -0.478 e. The zero-order valence-electron chi connectivity index (χ0n) is 10.2. The lowest BCUT2D eigenvalue weighted by Gasteiger charge is -2.17. The van der Waals surface area contributed by atoms with E-state index in [2.05, 4.69) is 0 Å². The predicted octanol–water partition coefficient (Wildman–Crippen LogP) is 3.50. The summed E-state index contributed by atoms with van der Waals surface area (Å²) in [7, 11) is 1.42. The maximum atomic E-state index is 12.8. The van der Waals surface area contributed by atoms with Gasteiger partial charge in [0.15, 0.2) is 0 Å². The summed E-state index contributed by atoms with van der Waals surface area (Å²) in [5.41, 5.74) is -1.05. The molecule has 3 nitrogen and oxygen atoms in total. The summed E-state index contributed by atoms with van der Waals surface area (Å²) in [6.45, 7) is 0. The van der Waals surface area contributed by atoms with Crippen molar-refractivity contribution in [2.75, 3.05) is 7.11 Å². The molecule has 0 bridgehead atoms. The lowest BCUT2D eigenvalue weighted by molar-refractivity contribution is -0.137. The number of benzene rings is 1. The average Bonchev–Trinajstić information content (AvgIpc) is 3.13. The van der Waals surface area contributed by atoms with Gasteiger partial charge in [-0.05, 0) is 42.5 Å². The van der Waals surface area contributed by atoms with Crippen molar-refractivity contribution in [3.8, 4) is 0 Å². The van der Waals surface area contributed by atoms with Crippen LogP contribution in [0.2, 0.25) is 0 Å². The molecular weight excluding hydrogens is 261 g/mol. The quantitative estimate of drug-likeness (QED) is 0.914. The topological polar surface area (TPSA) is 46.5 Å². The minimum atomic E-state index is -4.57. The molecule has 0 spiro atoms. The van der Waals surface area contributed by atoms with Gasteiger partial charge in [0, 0.05) is 7.11 Å². The van der Waals surface area contributed by atoms with Gasteiger partial charge in [-0.25, -0.2) is 4.79 Å². The third-order valence-electron chi connectivity index (χ3n) is 3.16. The molecule has 2 rings (SSSR count). The van der Waals surface area contributed by atoms with Gasteiger partial charge in [0.2, 0.25) is 0 Å². The highest BCUT2D eigenvalue weighted by Gasteiger charge is 2.36. The first-order valence-corrected chi connectivity index (χ1v) is 5.81. The highest BCUT2D eigenvalue weighted by molar-refractivity contribution is 5.88. The molecule has 0 aromatic heterocycles. The summed E-state index contributed by atoms with van der Waals surface area (Å²) in [5, 5.41) is 8.90. The first-order chi connectivity index (χ1) is 8.82. The van der Waals surface area contributed by atoms with Crippen molar-refractivity contribution < 1.29 is 27.8 Å². The first-order valence-electron chi connectivity index (χ1n) is 5.81. The Balaban J connectivity index is 2.47. The van der Waals surface area contributed by atoms with Crippen LogP contribution in [0.5, 0.6) is 0 Å². The number of aromatic carboxylic acids is 1. The molecule has 1 N–H and O–H groups in total. The smallest absolute Gasteiger partial charge is 0.416 e. The standard InChI is InChI=1S/C13H13F3O3/c1-19-11(7-2-3-7)8-4-9(12(17)18)6-10(5-8)13(14,15)16/h4-7,11H,2-3H2,1H3,(H,17,18). The van der Waals surface area contributed by atoms with Gasteiger partial charge in [-0.2, -0.15) is 13.2 Å². The molecule has 1 fully saturated rings. The van der Waals surface area contributed by atoms with Gasteiger partial charge >= 0.3 is 12.1 Å². The molecule has 104 valence electrons. The maximum absolute atomic E-state index is 12.8. The number of rotatable bonds is 4. The van der Waals surface area contributed by atoms with Crippen LogP contribution in [-0.2, 0) is 10.9 Å². The van der Waals surface area contributed by atoms with Crippen molar-refractivity contribution in [1.82, 2.24) is 0 Å².